The lowest BCUT2D eigenvalue weighted by Gasteiger charge is -2.10. The summed E-state index contributed by atoms with van der Waals surface area (Å²) in [6, 6.07) is 14.8. The number of aromatic nitrogens is 4. The quantitative estimate of drug-likeness (QED) is 0.682. The molecule has 0 saturated carbocycles. The maximum absolute atomic E-state index is 12.2. The summed E-state index contributed by atoms with van der Waals surface area (Å²) in [5.41, 5.74) is 1.36. The van der Waals surface area contributed by atoms with E-state index in [1.807, 2.05) is 30.3 Å². The van der Waals surface area contributed by atoms with E-state index < -0.39 is 18.0 Å². The molecule has 0 spiro atoms. The molecule has 0 aliphatic heterocycles. The fourth-order valence-electron chi connectivity index (χ4n) is 2.11. The summed E-state index contributed by atoms with van der Waals surface area (Å²) in [4.78, 5) is 25.3. The molecule has 0 radical (unpaired) electrons. The third-order valence-corrected chi connectivity index (χ3v) is 4.05. The van der Waals surface area contributed by atoms with Gasteiger partial charge in [0.05, 0.1) is 0 Å². The molecule has 1 atom stereocenters. The number of hydrogen-bond donors (Lipinski definition) is 2. The van der Waals surface area contributed by atoms with Gasteiger partial charge in [-0.15, -0.1) is 10.2 Å². The van der Waals surface area contributed by atoms with E-state index in [1.165, 1.54) is 4.80 Å². The van der Waals surface area contributed by atoms with Gasteiger partial charge in [0.15, 0.2) is 0 Å². The first-order valence-electron chi connectivity index (χ1n) is 7.75. The van der Waals surface area contributed by atoms with Gasteiger partial charge in [-0.1, -0.05) is 34.1 Å². The van der Waals surface area contributed by atoms with Crippen LogP contribution in [0.25, 0.3) is 11.4 Å². The van der Waals surface area contributed by atoms with Crippen molar-refractivity contribution in [1.82, 2.24) is 25.5 Å². The van der Waals surface area contributed by atoms with E-state index in [0.29, 0.717) is 11.5 Å². The molecule has 1 aromatic heterocycles. The largest absolute Gasteiger partial charge is 0.325 e. The number of hydrogen-bond acceptors (Lipinski definition) is 5. The van der Waals surface area contributed by atoms with Crippen LogP contribution in [0.2, 0.25) is 0 Å². The van der Waals surface area contributed by atoms with E-state index in [9.17, 15) is 9.59 Å². The molecule has 3 amide bonds. The summed E-state index contributed by atoms with van der Waals surface area (Å²) >= 11 is 3.36. The summed E-state index contributed by atoms with van der Waals surface area (Å²) < 4.78 is 0.936. The monoisotopic (exact) mass is 414 g/mol. The van der Waals surface area contributed by atoms with Gasteiger partial charge in [0, 0.05) is 15.7 Å². The summed E-state index contributed by atoms with van der Waals surface area (Å²) in [5.74, 6) is -0.149. The normalized spacial score (nSPS) is 11.6. The van der Waals surface area contributed by atoms with Crippen molar-refractivity contribution in [2.45, 2.75) is 13.0 Å². The number of nitrogens with one attached hydrogen (secondary N) is 2. The first-order chi connectivity index (χ1) is 12.5. The van der Waals surface area contributed by atoms with Crippen LogP contribution in [-0.4, -0.2) is 32.1 Å². The molecule has 2 aromatic carbocycles. The van der Waals surface area contributed by atoms with E-state index in [2.05, 4.69) is 42.0 Å². The van der Waals surface area contributed by atoms with Gasteiger partial charge in [-0.2, -0.15) is 4.80 Å². The van der Waals surface area contributed by atoms with Crippen LogP contribution < -0.4 is 10.6 Å². The molecule has 0 fully saturated rings. The molecule has 8 nitrogen and oxygen atoms in total. The number of urea groups is 1. The Hall–Kier alpha value is -3.07. The van der Waals surface area contributed by atoms with Crippen molar-refractivity contribution < 1.29 is 9.59 Å². The van der Waals surface area contributed by atoms with E-state index in [0.717, 1.165) is 10.0 Å². The zero-order chi connectivity index (χ0) is 18.5. The molecule has 9 heteroatoms. The number of nitrogens with zero attached hydrogens (tertiary/aromatic N) is 4. The summed E-state index contributed by atoms with van der Waals surface area (Å²) in [6.07, 6.45) is 0. The fraction of sp³-hybridized carbons (Fsp3) is 0.118. The lowest BCUT2D eigenvalue weighted by atomic mass is 10.2. The average Bonchev–Trinajstić information content (AvgIpc) is 3.12. The van der Waals surface area contributed by atoms with Gasteiger partial charge in [-0.05, 0) is 48.5 Å². The SMILES string of the molecule is CC(C(=O)NC(=O)Nc1ccccc1)n1nnc(-c2ccc(Br)cc2)n1. The number of amides is 3. The maximum atomic E-state index is 12.2. The van der Waals surface area contributed by atoms with Crippen LogP contribution in [0.3, 0.4) is 0 Å². The molecule has 0 aliphatic rings. The number of carbonyl (C=O) groups excluding carboxylic acids is 2. The highest BCUT2D eigenvalue weighted by Crippen LogP contribution is 2.18. The molecule has 0 aliphatic carbocycles. The minimum Gasteiger partial charge on any atom is -0.308 e. The van der Waals surface area contributed by atoms with E-state index in [4.69, 9.17) is 0 Å². The van der Waals surface area contributed by atoms with Crippen molar-refractivity contribution in [3.63, 3.8) is 0 Å². The number of imide groups is 1. The highest BCUT2D eigenvalue weighted by molar-refractivity contribution is 9.10. The van der Waals surface area contributed by atoms with Gasteiger partial charge in [0.1, 0.15) is 6.04 Å². The second-order valence-corrected chi connectivity index (χ2v) is 6.34. The molecule has 1 heterocycles. The van der Waals surface area contributed by atoms with Crippen LogP contribution in [0.1, 0.15) is 13.0 Å². The van der Waals surface area contributed by atoms with Crippen molar-refractivity contribution in [2.24, 2.45) is 0 Å². The topological polar surface area (TPSA) is 102 Å². The number of anilines is 1. The Balaban J connectivity index is 1.63. The van der Waals surface area contributed by atoms with Crippen LogP contribution in [0.5, 0.6) is 0 Å². The Bertz CT molecular complexity index is 911. The number of rotatable bonds is 4. The van der Waals surface area contributed by atoms with E-state index in [1.54, 1.807) is 31.2 Å². The first-order valence-corrected chi connectivity index (χ1v) is 8.54. The molecular weight excluding hydrogens is 400 g/mol. The standard InChI is InChI=1S/C17H15BrN6O2/c1-11(16(25)20-17(26)19-14-5-3-2-4-6-14)24-22-15(21-23-24)12-7-9-13(18)10-8-12/h2-11H,1H3,(H2,19,20,25,26). The minimum atomic E-state index is -0.798. The summed E-state index contributed by atoms with van der Waals surface area (Å²) in [7, 11) is 0. The van der Waals surface area contributed by atoms with Gasteiger partial charge in [-0.3, -0.25) is 10.1 Å². The number of benzene rings is 2. The van der Waals surface area contributed by atoms with Gasteiger partial charge in [0.25, 0.3) is 5.91 Å². The Morgan fingerprint density at radius 2 is 1.77 bits per heavy atom. The summed E-state index contributed by atoms with van der Waals surface area (Å²) in [6.45, 7) is 1.58. The van der Waals surface area contributed by atoms with Gasteiger partial charge in [-0.25, -0.2) is 4.79 Å². The van der Waals surface area contributed by atoms with Gasteiger partial charge < -0.3 is 5.32 Å². The molecule has 3 aromatic rings. The molecular formula is C17H15BrN6O2. The van der Waals surface area contributed by atoms with Crippen LogP contribution >= 0.6 is 15.9 Å². The molecule has 0 bridgehead atoms. The fourth-order valence-corrected chi connectivity index (χ4v) is 2.37. The summed E-state index contributed by atoms with van der Waals surface area (Å²) in [5, 5.41) is 16.9. The Morgan fingerprint density at radius 1 is 1.08 bits per heavy atom. The Labute approximate surface area is 157 Å². The molecule has 3 rings (SSSR count). The Kier molecular flexibility index (Phi) is 5.37. The second-order valence-electron chi connectivity index (χ2n) is 5.43. The predicted octanol–water partition coefficient (Wildman–Crippen LogP) is 3.01. The molecule has 1 unspecified atom stereocenters. The lowest BCUT2D eigenvalue weighted by Crippen LogP contribution is -2.39. The number of para-hydroxylation sites is 1. The van der Waals surface area contributed by atoms with Crippen molar-refractivity contribution in [2.75, 3.05) is 5.32 Å². The lowest BCUT2D eigenvalue weighted by molar-refractivity contribution is -0.123. The molecule has 132 valence electrons. The van der Waals surface area contributed by atoms with Crippen molar-refractivity contribution in [3.05, 3.63) is 59.1 Å². The minimum absolute atomic E-state index is 0.394. The molecule has 26 heavy (non-hydrogen) atoms. The number of carbonyl (C=O) groups is 2. The van der Waals surface area contributed by atoms with E-state index >= 15 is 0 Å². The van der Waals surface area contributed by atoms with Crippen LogP contribution in [0.15, 0.2) is 59.1 Å². The van der Waals surface area contributed by atoms with Crippen molar-refractivity contribution in [3.8, 4) is 11.4 Å². The third kappa shape index (κ3) is 4.31. The smallest absolute Gasteiger partial charge is 0.308 e. The van der Waals surface area contributed by atoms with Crippen LogP contribution in [-0.2, 0) is 4.79 Å². The van der Waals surface area contributed by atoms with Gasteiger partial charge >= 0.3 is 6.03 Å². The zero-order valence-corrected chi connectivity index (χ0v) is 15.3. The van der Waals surface area contributed by atoms with E-state index in [-0.39, 0.29) is 0 Å². The number of halogens is 1. The third-order valence-electron chi connectivity index (χ3n) is 3.52. The van der Waals surface area contributed by atoms with Crippen molar-refractivity contribution in [1.29, 1.82) is 0 Å². The highest BCUT2D eigenvalue weighted by Gasteiger charge is 2.20. The highest BCUT2D eigenvalue weighted by atomic mass is 79.9. The molecule has 2 N–H and O–H groups in total. The van der Waals surface area contributed by atoms with Crippen LogP contribution in [0.4, 0.5) is 10.5 Å². The zero-order valence-electron chi connectivity index (χ0n) is 13.8. The number of tetrazole rings is 1. The van der Waals surface area contributed by atoms with Crippen LogP contribution in [0, 0.1) is 0 Å². The molecule has 0 saturated heterocycles. The maximum Gasteiger partial charge on any atom is 0.325 e. The van der Waals surface area contributed by atoms with Gasteiger partial charge in [0.2, 0.25) is 5.82 Å². The Morgan fingerprint density at radius 3 is 2.46 bits per heavy atom. The second kappa shape index (κ2) is 7.87. The van der Waals surface area contributed by atoms with Crippen molar-refractivity contribution >= 4 is 33.6 Å². The first kappa shape index (κ1) is 17.7. The average molecular weight is 415 g/mol. The predicted molar refractivity (Wildman–Crippen MR) is 99.3 cm³/mol.